The molecular weight excluding hydrogens is 312 g/mol. The molecule has 2 aliphatic rings. The summed E-state index contributed by atoms with van der Waals surface area (Å²) in [6, 6.07) is 5.01. The first-order chi connectivity index (χ1) is 10.8. The number of nitrogens with one attached hydrogen (secondary N) is 2. The van der Waals surface area contributed by atoms with E-state index in [2.05, 4.69) is 32.3 Å². The minimum absolute atomic E-state index is 0. The predicted octanol–water partition coefficient (Wildman–Crippen LogP) is 2.36. The molecule has 5 nitrogen and oxygen atoms in total. The molecule has 2 aromatic rings. The molecule has 1 saturated heterocycles. The molecule has 0 saturated carbocycles. The van der Waals surface area contributed by atoms with Crippen LogP contribution in [0.15, 0.2) is 24.7 Å². The van der Waals surface area contributed by atoms with Crippen LogP contribution in [0.3, 0.4) is 0 Å². The van der Waals surface area contributed by atoms with Crippen LogP contribution in [0.5, 0.6) is 0 Å². The third-order valence-corrected chi connectivity index (χ3v) is 4.62. The number of anilines is 1. The summed E-state index contributed by atoms with van der Waals surface area (Å²) in [4.78, 5) is 4.25. The van der Waals surface area contributed by atoms with Crippen molar-refractivity contribution in [2.75, 3.05) is 25.1 Å². The second kappa shape index (κ2) is 6.91. The molecule has 0 amide bonds. The topological polar surface area (TPSA) is 51.1 Å². The largest absolute Gasteiger partial charge is 0.380 e. The molecule has 0 spiro atoms. The Kier molecular flexibility index (Phi) is 4.90. The van der Waals surface area contributed by atoms with E-state index in [9.17, 15) is 0 Å². The Balaban J connectivity index is 0.00000156. The monoisotopic (exact) mass is 334 g/mol. The van der Waals surface area contributed by atoms with Gasteiger partial charge in [0.25, 0.3) is 0 Å². The lowest BCUT2D eigenvalue weighted by Crippen LogP contribution is -2.27. The number of rotatable bonds is 3. The van der Waals surface area contributed by atoms with Crippen LogP contribution in [0, 0.1) is 0 Å². The van der Waals surface area contributed by atoms with Gasteiger partial charge >= 0.3 is 0 Å². The van der Waals surface area contributed by atoms with Crippen molar-refractivity contribution in [2.24, 2.45) is 7.05 Å². The van der Waals surface area contributed by atoms with Crippen molar-refractivity contribution in [3.05, 3.63) is 35.8 Å². The molecule has 124 valence electrons. The molecule has 1 aromatic carbocycles. The molecule has 1 fully saturated rings. The van der Waals surface area contributed by atoms with Crippen LogP contribution in [0.1, 0.15) is 17.5 Å². The Labute approximate surface area is 142 Å². The third kappa shape index (κ3) is 3.22. The van der Waals surface area contributed by atoms with E-state index in [1.54, 1.807) is 0 Å². The molecule has 2 aliphatic heterocycles. The zero-order valence-corrected chi connectivity index (χ0v) is 14.2. The van der Waals surface area contributed by atoms with E-state index >= 15 is 0 Å². The van der Waals surface area contributed by atoms with Gasteiger partial charge in [0.15, 0.2) is 0 Å². The van der Waals surface area contributed by atoms with Crippen LogP contribution in [0.4, 0.5) is 5.69 Å². The molecule has 0 radical (unpaired) electrons. The minimum Gasteiger partial charge on any atom is -0.380 e. The minimum atomic E-state index is 0. The second-order valence-electron chi connectivity index (χ2n) is 6.18. The Morgan fingerprint density at radius 2 is 2.30 bits per heavy atom. The van der Waals surface area contributed by atoms with Crippen LogP contribution in [0.2, 0.25) is 0 Å². The Bertz CT molecular complexity index is 679. The van der Waals surface area contributed by atoms with Gasteiger partial charge < -0.3 is 19.9 Å². The number of aromatic nitrogens is 2. The lowest BCUT2D eigenvalue weighted by Gasteiger charge is -2.24. The number of hydrogen-bond acceptors (Lipinski definition) is 4. The normalized spacial score (nSPS) is 20.0. The highest BCUT2D eigenvalue weighted by Gasteiger charge is 2.20. The van der Waals surface area contributed by atoms with Gasteiger partial charge in [0.2, 0.25) is 0 Å². The average molecular weight is 335 g/mol. The molecule has 0 unspecified atom stereocenters. The maximum absolute atomic E-state index is 5.50. The van der Waals surface area contributed by atoms with Gasteiger partial charge in [0.1, 0.15) is 0 Å². The van der Waals surface area contributed by atoms with Crippen LogP contribution in [-0.4, -0.2) is 35.4 Å². The van der Waals surface area contributed by atoms with Crippen molar-refractivity contribution in [1.29, 1.82) is 0 Å². The van der Waals surface area contributed by atoms with Crippen molar-refractivity contribution in [1.82, 2.24) is 14.9 Å². The molecule has 6 heteroatoms. The number of benzene rings is 1. The molecule has 0 bridgehead atoms. The summed E-state index contributed by atoms with van der Waals surface area (Å²) in [5.74, 6) is 0. The zero-order valence-electron chi connectivity index (χ0n) is 13.3. The number of ether oxygens (including phenoxy) is 1. The number of aryl methyl sites for hydroxylation is 1. The molecule has 3 heterocycles. The smallest absolute Gasteiger partial charge is 0.0948 e. The number of halogens is 1. The molecular formula is C17H23ClN4O. The third-order valence-electron chi connectivity index (χ3n) is 4.62. The van der Waals surface area contributed by atoms with Crippen molar-refractivity contribution < 1.29 is 4.74 Å². The summed E-state index contributed by atoms with van der Waals surface area (Å²) in [5, 5.41) is 7.18. The molecule has 0 aliphatic carbocycles. The number of imidazole rings is 1. The van der Waals surface area contributed by atoms with E-state index in [-0.39, 0.29) is 12.4 Å². The van der Waals surface area contributed by atoms with Gasteiger partial charge in [0, 0.05) is 31.5 Å². The summed E-state index contributed by atoms with van der Waals surface area (Å²) >= 11 is 0. The van der Waals surface area contributed by atoms with Gasteiger partial charge in [0.05, 0.1) is 30.9 Å². The molecule has 23 heavy (non-hydrogen) atoms. The van der Waals surface area contributed by atoms with Crippen molar-refractivity contribution >= 4 is 18.1 Å². The highest BCUT2D eigenvalue weighted by Crippen LogP contribution is 2.31. The quantitative estimate of drug-likeness (QED) is 0.904. The van der Waals surface area contributed by atoms with Gasteiger partial charge in [-0.15, -0.1) is 12.4 Å². The first-order valence-electron chi connectivity index (χ1n) is 7.99. The fourth-order valence-corrected chi connectivity index (χ4v) is 3.38. The highest BCUT2D eigenvalue weighted by atomic mass is 35.5. The van der Waals surface area contributed by atoms with Crippen molar-refractivity contribution in [3.63, 3.8) is 0 Å². The van der Waals surface area contributed by atoms with E-state index < -0.39 is 0 Å². The highest BCUT2D eigenvalue weighted by molar-refractivity contribution is 5.85. The average Bonchev–Trinajstić information content (AvgIpc) is 3.18. The number of nitrogens with zero attached hydrogens (tertiary/aromatic N) is 2. The lowest BCUT2D eigenvalue weighted by molar-refractivity contribution is 0.195. The molecule has 2 N–H and O–H groups in total. The van der Waals surface area contributed by atoms with Crippen molar-refractivity contribution in [3.8, 4) is 11.3 Å². The zero-order chi connectivity index (χ0) is 14.9. The Hall–Kier alpha value is -1.56. The van der Waals surface area contributed by atoms with Gasteiger partial charge in [-0.2, -0.15) is 0 Å². The number of fused-ring (bicyclic) bond motifs is 1. The fourth-order valence-electron chi connectivity index (χ4n) is 3.38. The van der Waals surface area contributed by atoms with E-state index in [1.807, 2.05) is 19.6 Å². The van der Waals surface area contributed by atoms with Gasteiger partial charge in [-0.05, 0) is 42.6 Å². The van der Waals surface area contributed by atoms with Gasteiger partial charge in [-0.3, -0.25) is 0 Å². The maximum atomic E-state index is 5.50. The van der Waals surface area contributed by atoms with E-state index in [1.165, 1.54) is 22.4 Å². The summed E-state index contributed by atoms with van der Waals surface area (Å²) in [7, 11) is 2.04. The van der Waals surface area contributed by atoms with Gasteiger partial charge in [-0.1, -0.05) is 0 Å². The summed E-state index contributed by atoms with van der Waals surface area (Å²) < 4.78 is 7.58. The number of hydrogen-bond donors (Lipinski definition) is 2. The van der Waals surface area contributed by atoms with E-state index in [0.717, 1.165) is 44.8 Å². The van der Waals surface area contributed by atoms with Crippen LogP contribution < -0.4 is 10.6 Å². The van der Waals surface area contributed by atoms with Crippen LogP contribution >= 0.6 is 12.4 Å². The Morgan fingerprint density at radius 3 is 3.04 bits per heavy atom. The standard InChI is InChI=1S/C17H22N4O.ClH/c1-21-11-19-9-17(21)13-6-12-2-4-18-8-15(12)16(7-13)20-14-3-5-22-10-14;/h6-7,9,11,14,18,20H,2-5,8,10H2,1H3;1H/t14-;/m0./s1. The lowest BCUT2D eigenvalue weighted by atomic mass is 9.95. The summed E-state index contributed by atoms with van der Waals surface area (Å²) in [6.45, 7) is 3.66. The van der Waals surface area contributed by atoms with Crippen LogP contribution in [-0.2, 0) is 24.8 Å². The fraction of sp³-hybridized carbons (Fsp3) is 0.471. The Morgan fingerprint density at radius 1 is 1.39 bits per heavy atom. The van der Waals surface area contributed by atoms with Crippen LogP contribution in [0.25, 0.3) is 11.3 Å². The van der Waals surface area contributed by atoms with E-state index in [4.69, 9.17) is 4.74 Å². The maximum Gasteiger partial charge on any atom is 0.0948 e. The second-order valence-corrected chi connectivity index (χ2v) is 6.18. The molecule has 1 atom stereocenters. The predicted molar refractivity (Wildman–Crippen MR) is 94.1 cm³/mol. The first kappa shape index (κ1) is 16.3. The van der Waals surface area contributed by atoms with Gasteiger partial charge in [-0.25, -0.2) is 4.98 Å². The summed E-state index contributed by atoms with van der Waals surface area (Å²) in [6.07, 6.45) is 5.95. The summed E-state index contributed by atoms with van der Waals surface area (Å²) in [5.41, 5.74) is 6.49. The SMILES string of the molecule is Cl.Cn1cncc1-c1cc2c(c(N[C@H]3CCOC3)c1)CNCC2. The molecule has 1 aromatic heterocycles. The van der Waals surface area contributed by atoms with Crippen molar-refractivity contribution in [2.45, 2.75) is 25.4 Å². The van der Waals surface area contributed by atoms with E-state index in [0.29, 0.717) is 6.04 Å². The first-order valence-corrected chi connectivity index (χ1v) is 7.99. The molecule has 4 rings (SSSR count).